The van der Waals surface area contributed by atoms with Crippen molar-refractivity contribution in [3.8, 4) is 5.75 Å². The summed E-state index contributed by atoms with van der Waals surface area (Å²) in [6.07, 6.45) is 1.69. The molecule has 1 N–H and O–H groups in total. The summed E-state index contributed by atoms with van der Waals surface area (Å²) in [6, 6.07) is 8.04. The molecular formula is C18H26N4O2S. The van der Waals surface area contributed by atoms with E-state index < -0.39 is 0 Å². The molecule has 0 aliphatic rings. The number of aromatic nitrogens is 3. The summed E-state index contributed by atoms with van der Waals surface area (Å²) in [5.41, 5.74) is 1.07. The molecule has 2 aromatic rings. The Morgan fingerprint density at radius 1 is 1.24 bits per heavy atom. The number of carbonyl (C=O) groups is 1. The molecule has 0 aliphatic heterocycles. The molecular weight excluding hydrogens is 336 g/mol. The van der Waals surface area contributed by atoms with Crippen molar-refractivity contribution >= 4 is 17.7 Å². The van der Waals surface area contributed by atoms with E-state index in [0.29, 0.717) is 5.75 Å². The third kappa shape index (κ3) is 5.22. The Morgan fingerprint density at radius 3 is 2.48 bits per heavy atom. The molecule has 0 radical (unpaired) electrons. The molecule has 6 nitrogen and oxygen atoms in total. The van der Waals surface area contributed by atoms with E-state index >= 15 is 0 Å². The van der Waals surface area contributed by atoms with E-state index in [1.165, 1.54) is 11.8 Å². The Balaban J connectivity index is 1.99. The van der Waals surface area contributed by atoms with Crippen LogP contribution in [0.1, 0.15) is 45.3 Å². The van der Waals surface area contributed by atoms with Gasteiger partial charge in [0.25, 0.3) is 0 Å². The Labute approximate surface area is 153 Å². The quantitative estimate of drug-likeness (QED) is 0.728. The van der Waals surface area contributed by atoms with Gasteiger partial charge in [0.15, 0.2) is 5.16 Å². The number of benzene rings is 1. The standard InChI is InChI=1S/C18H26N4O2S/c1-12(2)17(14-6-8-15(24-5)9-7-14)20-16(23)10-25-18-21-19-11-22(18)13(3)4/h6-9,11-13,17H,10H2,1-5H3,(H,20,23). The van der Waals surface area contributed by atoms with Crippen molar-refractivity contribution < 1.29 is 9.53 Å². The van der Waals surface area contributed by atoms with Gasteiger partial charge in [-0.15, -0.1) is 10.2 Å². The number of hydrogen-bond acceptors (Lipinski definition) is 5. The van der Waals surface area contributed by atoms with Crippen LogP contribution in [0.25, 0.3) is 0 Å². The lowest BCUT2D eigenvalue weighted by Gasteiger charge is -2.23. The van der Waals surface area contributed by atoms with Crippen LogP contribution < -0.4 is 10.1 Å². The average molecular weight is 362 g/mol. The van der Waals surface area contributed by atoms with Crippen LogP contribution in [0.5, 0.6) is 5.75 Å². The number of ether oxygens (including phenoxy) is 1. The van der Waals surface area contributed by atoms with Gasteiger partial charge in [-0.1, -0.05) is 37.7 Å². The van der Waals surface area contributed by atoms with E-state index in [9.17, 15) is 4.79 Å². The number of amides is 1. The van der Waals surface area contributed by atoms with E-state index in [0.717, 1.165) is 16.5 Å². The second-order valence-electron chi connectivity index (χ2n) is 6.47. The van der Waals surface area contributed by atoms with Crippen molar-refractivity contribution in [2.45, 2.75) is 44.9 Å². The molecule has 7 heteroatoms. The maximum atomic E-state index is 12.4. The molecule has 0 saturated heterocycles. The first-order chi connectivity index (χ1) is 11.9. The van der Waals surface area contributed by atoms with Crippen LogP contribution in [0.15, 0.2) is 35.7 Å². The predicted octanol–water partition coefficient (Wildman–Crippen LogP) is 3.47. The zero-order valence-corrected chi connectivity index (χ0v) is 16.2. The van der Waals surface area contributed by atoms with Crippen LogP contribution in [0.2, 0.25) is 0 Å². The normalized spacial score (nSPS) is 12.4. The van der Waals surface area contributed by atoms with Crippen molar-refractivity contribution in [3.63, 3.8) is 0 Å². The molecule has 0 spiro atoms. The van der Waals surface area contributed by atoms with Gasteiger partial charge in [-0.3, -0.25) is 4.79 Å². The van der Waals surface area contributed by atoms with E-state index in [-0.39, 0.29) is 23.9 Å². The summed E-state index contributed by atoms with van der Waals surface area (Å²) >= 11 is 1.40. The first-order valence-corrected chi connectivity index (χ1v) is 9.36. The first kappa shape index (κ1) is 19.3. The molecule has 1 heterocycles. The highest BCUT2D eigenvalue weighted by atomic mass is 32.2. The molecule has 1 aromatic heterocycles. The zero-order chi connectivity index (χ0) is 18.4. The second-order valence-corrected chi connectivity index (χ2v) is 7.41. The highest BCUT2D eigenvalue weighted by molar-refractivity contribution is 7.99. The third-order valence-corrected chi connectivity index (χ3v) is 4.84. The maximum Gasteiger partial charge on any atom is 0.230 e. The Kier molecular flexibility index (Phi) is 6.87. The summed E-state index contributed by atoms with van der Waals surface area (Å²) in [6.45, 7) is 8.31. The van der Waals surface area contributed by atoms with Crippen LogP contribution in [-0.4, -0.2) is 33.5 Å². The minimum atomic E-state index is -0.0398. The average Bonchev–Trinajstić information content (AvgIpc) is 3.06. The molecule has 1 unspecified atom stereocenters. The summed E-state index contributed by atoms with van der Waals surface area (Å²) in [5, 5.41) is 11.9. The summed E-state index contributed by atoms with van der Waals surface area (Å²) in [4.78, 5) is 12.4. The molecule has 1 amide bonds. The van der Waals surface area contributed by atoms with Gasteiger partial charge in [0, 0.05) is 6.04 Å². The van der Waals surface area contributed by atoms with E-state index in [1.807, 2.05) is 28.8 Å². The van der Waals surface area contributed by atoms with Crippen molar-refractivity contribution in [2.24, 2.45) is 5.92 Å². The van der Waals surface area contributed by atoms with Gasteiger partial charge in [-0.2, -0.15) is 0 Å². The molecule has 0 fully saturated rings. The van der Waals surface area contributed by atoms with Crippen LogP contribution in [0.4, 0.5) is 0 Å². The Hall–Kier alpha value is -2.02. The molecule has 0 bridgehead atoms. The molecule has 1 atom stereocenters. The van der Waals surface area contributed by atoms with Gasteiger partial charge < -0.3 is 14.6 Å². The van der Waals surface area contributed by atoms with Gasteiger partial charge in [-0.05, 0) is 37.5 Å². The lowest BCUT2D eigenvalue weighted by Crippen LogP contribution is -2.33. The van der Waals surface area contributed by atoms with Crippen LogP contribution in [-0.2, 0) is 4.79 Å². The number of rotatable bonds is 8. The monoisotopic (exact) mass is 362 g/mol. The highest BCUT2D eigenvalue weighted by Gasteiger charge is 2.19. The lowest BCUT2D eigenvalue weighted by molar-refractivity contribution is -0.119. The number of hydrogen-bond donors (Lipinski definition) is 1. The second kappa shape index (κ2) is 8.89. The smallest absolute Gasteiger partial charge is 0.230 e. The lowest BCUT2D eigenvalue weighted by atomic mass is 9.96. The van der Waals surface area contributed by atoms with Crippen LogP contribution in [0.3, 0.4) is 0 Å². The maximum absolute atomic E-state index is 12.4. The van der Waals surface area contributed by atoms with Gasteiger partial charge >= 0.3 is 0 Å². The van der Waals surface area contributed by atoms with Crippen molar-refractivity contribution in [2.75, 3.05) is 12.9 Å². The SMILES string of the molecule is COc1ccc(C(NC(=O)CSc2nncn2C(C)C)C(C)C)cc1. The number of methoxy groups -OCH3 is 1. The van der Waals surface area contributed by atoms with E-state index in [4.69, 9.17) is 4.74 Å². The van der Waals surface area contributed by atoms with Gasteiger partial charge in [0.1, 0.15) is 12.1 Å². The predicted molar refractivity (Wildman–Crippen MR) is 99.8 cm³/mol. The van der Waals surface area contributed by atoms with Crippen molar-refractivity contribution in [3.05, 3.63) is 36.2 Å². The molecule has 0 aliphatic carbocycles. The summed E-state index contributed by atoms with van der Waals surface area (Å²) in [7, 11) is 1.64. The first-order valence-electron chi connectivity index (χ1n) is 8.38. The summed E-state index contributed by atoms with van der Waals surface area (Å²) < 4.78 is 7.15. The van der Waals surface area contributed by atoms with E-state index in [2.05, 4.69) is 43.2 Å². The molecule has 1 aromatic carbocycles. The molecule has 136 valence electrons. The van der Waals surface area contributed by atoms with Gasteiger partial charge in [-0.25, -0.2) is 0 Å². The van der Waals surface area contributed by atoms with Crippen LogP contribution >= 0.6 is 11.8 Å². The fourth-order valence-electron chi connectivity index (χ4n) is 2.48. The van der Waals surface area contributed by atoms with Gasteiger partial charge in [0.05, 0.1) is 18.9 Å². The Morgan fingerprint density at radius 2 is 1.92 bits per heavy atom. The number of nitrogens with one attached hydrogen (secondary N) is 1. The fourth-order valence-corrected chi connectivity index (χ4v) is 3.34. The molecule has 25 heavy (non-hydrogen) atoms. The number of nitrogens with zero attached hydrogens (tertiary/aromatic N) is 3. The van der Waals surface area contributed by atoms with Crippen molar-refractivity contribution in [1.29, 1.82) is 0 Å². The summed E-state index contributed by atoms with van der Waals surface area (Å²) in [5.74, 6) is 1.38. The Bertz CT molecular complexity index is 683. The largest absolute Gasteiger partial charge is 0.497 e. The zero-order valence-electron chi connectivity index (χ0n) is 15.4. The number of carbonyl (C=O) groups excluding carboxylic acids is 1. The highest BCUT2D eigenvalue weighted by Crippen LogP contribution is 2.25. The number of thioether (sulfide) groups is 1. The minimum Gasteiger partial charge on any atom is -0.497 e. The topological polar surface area (TPSA) is 69.0 Å². The van der Waals surface area contributed by atoms with Crippen LogP contribution in [0, 0.1) is 5.92 Å². The van der Waals surface area contributed by atoms with E-state index in [1.54, 1.807) is 13.4 Å². The molecule has 2 rings (SSSR count). The fraction of sp³-hybridized carbons (Fsp3) is 0.500. The third-order valence-electron chi connectivity index (χ3n) is 3.89. The van der Waals surface area contributed by atoms with Gasteiger partial charge in [0.2, 0.25) is 5.91 Å². The minimum absolute atomic E-state index is 0.0159. The molecule has 0 saturated carbocycles. The van der Waals surface area contributed by atoms with Crippen molar-refractivity contribution in [1.82, 2.24) is 20.1 Å².